The first-order valence-electron chi connectivity index (χ1n) is 5.87. The first kappa shape index (κ1) is 13.6. The second-order valence-electron chi connectivity index (χ2n) is 4.31. The van der Waals surface area contributed by atoms with Crippen LogP contribution in [0.25, 0.3) is 5.69 Å². The lowest BCUT2D eigenvalue weighted by Gasteiger charge is -2.12. The number of methoxy groups -OCH3 is 1. The van der Waals surface area contributed by atoms with Crippen LogP contribution in [0.4, 0.5) is 0 Å². The summed E-state index contributed by atoms with van der Waals surface area (Å²) in [5.41, 5.74) is 2.72. The number of hydrogen-bond acceptors (Lipinski definition) is 3. The van der Waals surface area contributed by atoms with Gasteiger partial charge in [0.15, 0.2) is 5.78 Å². The van der Waals surface area contributed by atoms with Crippen molar-refractivity contribution in [1.29, 1.82) is 0 Å². The van der Waals surface area contributed by atoms with Gasteiger partial charge in [0.05, 0.1) is 34.8 Å². The monoisotopic (exact) mass is 278 g/mol. The predicted octanol–water partition coefficient (Wildman–Crippen LogP) is 3.35. The van der Waals surface area contributed by atoms with Crippen LogP contribution in [0.1, 0.15) is 28.7 Å². The van der Waals surface area contributed by atoms with Crippen LogP contribution in [0, 0.1) is 13.8 Å². The summed E-state index contributed by atoms with van der Waals surface area (Å²) in [5, 5.41) is 4.98. The van der Waals surface area contributed by atoms with E-state index in [1.165, 1.54) is 6.92 Å². The molecular formula is C14H15ClN2O2. The fourth-order valence-electron chi connectivity index (χ4n) is 2.08. The average molecular weight is 279 g/mol. The molecule has 1 heterocycles. The van der Waals surface area contributed by atoms with E-state index in [2.05, 4.69) is 5.10 Å². The number of Topliss-reactive ketones (excluding diaryl/α,β-unsaturated/α-hetero) is 1. The SMILES string of the molecule is COc1cccc(-n2nc(C)c(Cl)c2C)c1C(C)=O. The number of aryl methyl sites for hydroxylation is 1. The molecule has 0 aliphatic rings. The Kier molecular flexibility index (Phi) is 3.62. The Hall–Kier alpha value is -1.81. The van der Waals surface area contributed by atoms with Crippen molar-refractivity contribution in [1.82, 2.24) is 9.78 Å². The van der Waals surface area contributed by atoms with Crippen LogP contribution in [0.15, 0.2) is 18.2 Å². The Morgan fingerprint density at radius 3 is 2.53 bits per heavy atom. The molecule has 19 heavy (non-hydrogen) atoms. The number of nitrogens with zero attached hydrogens (tertiary/aromatic N) is 2. The maximum Gasteiger partial charge on any atom is 0.165 e. The lowest BCUT2D eigenvalue weighted by molar-refractivity contribution is 0.101. The highest BCUT2D eigenvalue weighted by atomic mass is 35.5. The van der Waals surface area contributed by atoms with Crippen molar-refractivity contribution in [2.24, 2.45) is 0 Å². The van der Waals surface area contributed by atoms with Crippen LogP contribution >= 0.6 is 11.6 Å². The van der Waals surface area contributed by atoms with Crippen molar-refractivity contribution in [2.45, 2.75) is 20.8 Å². The third-order valence-electron chi connectivity index (χ3n) is 3.01. The van der Waals surface area contributed by atoms with Crippen LogP contribution in [0.2, 0.25) is 5.02 Å². The summed E-state index contributed by atoms with van der Waals surface area (Å²) >= 11 is 6.15. The lowest BCUT2D eigenvalue weighted by Crippen LogP contribution is -2.08. The van der Waals surface area contributed by atoms with Crippen LogP contribution < -0.4 is 4.74 Å². The van der Waals surface area contributed by atoms with Gasteiger partial charge < -0.3 is 4.74 Å². The van der Waals surface area contributed by atoms with Gasteiger partial charge in [-0.2, -0.15) is 5.10 Å². The average Bonchev–Trinajstić information content (AvgIpc) is 2.65. The third kappa shape index (κ3) is 2.24. The largest absolute Gasteiger partial charge is 0.496 e. The number of ether oxygens (including phenoxy) is 1. The number of halogens is 1. The molecule has 0 saturated heterocycles. The van der Waals surface area contributed by atoms with E-state index in [9.17, 15) is 4.79 Å². The first-order chi connectivity index (χ1) is 8.97. The van der Waals surface area contributed by atoms with Crippen molar-refractivity contribution < 1.29 is 9.53 Å². The topological polar surface area (TPSA) is 44.1 Å². The van der Waals surface area contributed by atoms with Gasteiger partial charge in [-0.1, -0.05) is 17.7 Å². The zero-order valence-electron chi connectivity index (χ0n) is 11.3. The highest BCUT2D eigenvalue weighted by molar-refractivity contribution is 6.31. The maximum atomic E-state index is 11.9. The molecule has 0 bridgehead atoms. The van der Waals surface area contributed by atoms with E-state index in [0.717, 1.165) is 11.4 Å². The van der Waals surface area contributed by atoms with Gasteiger partial charge in [0.25, 0.3) is 0 Å². The number of benzene rings is 1. The highest BCUT2D eigenvalue weighted by Gasteiger charge is 2.18. The molecule has 1 aromatic carbocycles. The Balaban J connectivity index is 2.75. The standard InChI is InChI=1S/C14H15ClN2O2/c1-8-14(15)9(2)17(16-8)11-6-5-7-12(19-4)13(11)10(3)18/h5-7H,1-4H3. The molecule has 100 valence electrons. The van der Waals surface area contributed by atoms with Crippen LogP contribution in [-0.4, -0.2) is 22.7 Å². The number of ketones is 1. The summed E-state index contributed by atoms with van der Waals surface area (Å²) in [4.78, 5) is 11.9. The zero-order chi connectivity index (χ0) is 14.2. The molecule has 1 aromatic heterocycles. The quantitative estimate of drug-likeness (QED) is 0.809. The molecule has 0 aliphatic heterocycles. The molecule has 2 aromatic rings. The van der Waals surface area contributed by atoms with Gasteiger partial charge in [-0.15, -0.1) is 0 Å². The van der Waals surface area contributed by atoms with E-state index in [1.54, 1.807) is 17.9 Å². The highest BCUT2D eigenvalue weighted by Crippen LogP contribution is 2.29. The van der Waals surface area contributed by atoms with Crippen LogP contribution in [0.5, 0.6) is 5.75 Å². The van der Waals surface area contributed by atoms with E-state index >= 15 is 0 Å². The van der Waals surface area contributed by atoms with Gasteiger partial charge >= 0.3 is 0 Å². The number of carbonyl (C=O) groups is 1. The normalized spacial score (nSPS) is 10.6. The fourth-order valence-corrected chi connectivity index (χ4v) is 2.20. The van der Waals surface area contributed by atoms with E-state index in [4.69, 9.17) is 16.3 Å². The molecule has 0 aliphatic carbocycles. The van der Waals surface area contributed by atoms with E-state index in [-0.39, 0.29) is 5.78 Å². The van der Waals surface area contributed by atoms with Gasteiger partial charge in [0.1, 0.15) is 5.75 Å². The minimum Gasteiger partial charge on any atom is -0.496 e. The first-order valence-corrected chi connectivity index (χ1v) is 6.25. The van der Waals surface area contributed by atoms with Gasteiger partial charge in [0, 0.05) is 0 Å². The second kappa shape index (κ2) is 5.05. The molecule has 0 fully saturated rings. The molecular weight excluding hydrogens is 264 g/mol. The summed E-state index contributed by atoms with van der Waals surface area (Å²) in [7, 11) is 1.54. The molecule has 0 unspecified atom stereocenters. The molecule has 4 nitrogen and oxygen atoms in total. The zero-order valence-corrected chi connectivity index (χ0v) is 12.1. The van der Waals surface area contributed by atoms with Crippen molar-refractivity contribution in [2.75, 3.05) is 7.11 Å². The molecule has 0 N–H and O–H groups in total. The Morgan fingerprint density at radius 2 is 2.05 bits per heavy atom. The molecule has 0 spiro atoms. The van der Waals surface area contributed by atoms with Crippen molar-refractivity contribution in [3.8, 4) is 11.4 Å². The molecule has 0 amide bonds. The fraction of sp³-hybridized carbons (Fsp3) is 0.286. The van der Waals surface area contributed by atoms with E-state index in [0.29, 0.717) is 22.0 Å². The molecule has 0 atom stereocenters. The van der Waals surface area contributed by atoms with E-state index < -0.39 is 0 Å². The summed E-state index contributed by atoms with van der Waals surface area (Å²) < 4.78 is 6.93. The van der Waals surface area contributed by atoms with Crippen LogP contribution in [0.3, 0.4) is 0 Å². The molecule has 0 radical (unpaired) electrons. The second-order valence-corrected chi connectivity index (χ2v) is 4.69. The minimum absolute atomic E-state index is 0.0730. The van der Waals surface area contributed by atoms with Gasteiger partial charge in [0.2, 0.25) is 0 Å². The van der Waals surface area contributed by atoms with Gasteiger partial charge in [-0.05, 0) is 32.9 Å². The molecule has 2 rings (SSSR count). The van der Waals surface area contributed by atoms with Gasteiger partial charge in [-0.25, -0.2) is 4.68 Å². The molecule has 5 heteroatoms. The van der Waals surface area contributed by atoms with Gasteiger partial charge in [-0.3, -0.25) is 4.79 Å². The van der Waals surface area contributed by atoms with Crippen molar-refractivity contribution in [3.05, 3.63) is 40.2 Å². The number of hydrogen-bond donors (Lipinski definition) is 0. The Labute approximate surface area is 116 Å². The number of carbonyl (C=O) groups excluding carboxylic acids is 1. The maximum absolute atomic E-state index is 11.9. The summed E-state index contributed by atoms with van der Waals surface area (Å²) in [6.07, 6.45) is 0. The Morgan fingerprint density at radius 1 is 1.37 bits per heavy atom. The van der Waals surface area contributed by atoms with Crippen molar-refractivity contribution in [3.63, 3.8) is 0 Å². The van der Waals surface area contributed by atoms with Crippen LogP contribution in [-0.2, 0) is 0 Å². The van der Waals surface area contributed by atoms with E-state index in [1.807, 2.05) is 26.0 Å². The molecule has 0 saturated carbocycles. The van der Waals surface area contributed by atoms with Crippen molar-refractivity contribution >= 4 is 17.4 Å². The summed E-state index contributed by atoms with van der Waals surface area (Å²) in [6.45, 7) is 5.21. The minimum atomic E-state index is -0.0730. The number of aromatic nitrogens is 2. The lowest BCUT2D eigenvalue weighted by atomic mass is 10.1. The summed E-state index contributed by atoms with van der Waals surface area (Å²) in [6, 6.07) is 5.41. The number of rotatable bonds is 3. The summed E-state index contributed by atoms with van der Waals surface area (Å²) in [5.74, 6) is 0.463. The predicted molar refractivity (Wildman–Crippen MR) is 74.6 cm³/mol. The third-order valence-corrected chi connectivity index (χ3v) is 3.55. The smallest absolute Gasteiger partial charge is 0.165 e. The Bertz CT molecular complexity index is 647.